The van der Waals surface area contributed by atoms with E-state index in [0.29, 0.717) is 0 Å². The van der Waals surface area contributed by atoms with E-state index in [1.807, 2.05) is 24.3 Å². The fourth-order valence-corrected chi connectivity index (χ4v) is 0.873. The molecule has 0 amide bonds. The van der Waals surface area contributed by atoms with Crippen LogP contribution in [0.3, 0.4) is 0 Å². The summed E-state index contributed by atoms with van der Waals surface area (Å²) in [6.45, 7) is 7.03. The summed E-state index contributed by atoms with van der Waals surface area (Å²) < 4.78 is 5.08. The molecule has 0 radical (unpaired) electrons. The minimum absolute atomic E-state index is 0.761. The highest BCUT2D eigenvalue weighted by atomic mass is 16.5. The zero-order valence-corrected chi connectivity index (χ0v) is 6.79. The van der Waals surface area contributed by atoms with Crippen molar-refractivity contribution in [1.82, 2.24) is 0 Å². The van der Waals surface area contributed by atoms with Crippen LogP contribution in [0.25, 0.3) is 0 Å². The van der Waals surface area contributed by atoms with Crippen molar-refractivity contribution in [2.75, 3.05) is 5.32 Å². The first kappa shape index (κ1) is 8.40. The maximum atomic E-state index is 5.08. The minimum Gasteiger partial charge on any atom is -0.466 e. The second-order valence-corrected chi connectivity index (χ2v) is 2.16. The Balaban J connectivity index is 2.79. The summed E-state index contributed by atoms with van der Waals surface area (Å²) in [5.74, 6) is 0.761. The van der Waals surface area contributed by atoms with Crippen molar-refractivity contribution in [3.8, 4) is 5.75 Å². The fraction of sp³-hybridized carbons (Fsp3) is 0. The van der Waals surface area contributed by atoms with Crippen LogP contribution < -0.4 is 10.1 Å². The van der Waals surface area contributed by atoms with Crippen molar-refractivity contribution in [1.29, 1.82) is 0 Å². The van der Waals surface area contributed by atoms with Crippen LogP contribution in [0.2, 0.25) is 0 Å². The molecule has 0 aliphatic carbocycles. The number of ether oxygens (including phenoxy) is 1. The summed E-state index contributed by atoms with van der Waals surface area (Å²) in [6.07, 6.45) is 3.01. The van der Waals surface area contributed by atoms with Gasteiger partial charge in [-0.2, -0.15) is 0 Å². The van der Waals surface area contributed by atoms with Gasteiger partial charge in [-0.25, -0.2) is 0 Å². The van der Waals surface area contributed by atoms with Crippen LogP contribution in [0.4, 0.5) is 5.69 Å². The van der Waals surface area contributed by atoms with Crippen molar-refractivity contribution in [2.24, 2.45) is 0 Å². The van der Waals surface area contributed by atoms with Crippen molar-refractivity contribution in [3.63, 3.8) is 0 Å². The van der Waals surface area contributed by atoms with E-state index in [4.69, 9.17) is 4.74 Å². The van der Waals surface area contributed by atoms with Crippen LogP contribution in [0.5, 0.6) is 5.75 Å². The highest BCUT2D eigenvalue weighted by Crippen LogP contribution is 2.16. The van der Waals surface area contributed by atoms with E-state index in [9.17, 15) is 0 Å². The topological polar surface area (TPSA) is 21.3 Å². The van der Waals surface area contributed by atoms with Crippen LogP contribution >= 0.6 is 0 Å². The Hall–Kier alpha value is -1.70. The second-order valence-electron chi connectivity index (χ2n) is 2.16. The molecule has 1 aromatic rings. The average Bonchev–Trinajstić information content (AvgIpc) is 2.06. The van der Waals surface area contributed by atoms with E-state index in [0.717, 1.165) is 11.4 Å². The molecule has 1 aromatic carbocycles. The standard InChI is InChI=1S/C10H11NO/c1-3-11-9-6-5-7-10(8-9)12-4-2/h3-8,11H,1-2H2. The number of benzene rings is 1. The van der Waals surface area contributed by atoms with Crippen LogP contribution in [0, 0.1) is 0 Å². The summed E-state index contributed by atoms with van der Waals surface area (Å²) in [6, 6.07) is 7.54. The number of anilines is 1. The molecular formula is C10H11NO. The molecule has 0 aliphatic heterocycles. The monoisotopic (exact) mass is 161 g/mol. The fourth-order valence-electron chi connectivity index (χ4n) is 0.873. The Labute approximate surface area is 72.2 Å². The molecule has 0 heterocycles. The summed E-state index contributed by atoms with van der Waals surface area (Å²) >= 11 is 0. The van der Waals surface area contributed by atoms with E-state index in [2.05, 4.69) is 18.5 Å². The van der Waals surface area contributed by atoms with Gasteiger partial charge in [-0.05, 0) is 18.3 Å². The van der Waals surface area contributed by atoms with Gasteiger partial charge in [0.25, 0.3) is 0 Å². The molecule has 0 fully saturated rings. The van der Waals surface area contributed by atoms with Crippen molar-refractivity contribution >= 4 is 5.69 Å². The van der Waals surface area contributed by atoms with Crippen molar-refractivity contribution < 1.29 is 4.74 Å². The quantitative estimate of drug-likeness (QED) is 0.685. The molecule has 1 rings (SSSR count). The van der Waals surface area contributed by atoms with E-state index in [-0.39, 0.29) is 0 Å². The van der Waals surface area contributed by atoms with Gasteiger partial charge in [0, 0.05) is 11.8 Å². The van der Waals surface area contributed by atoms with Gasteiger partial charge in [-0.15, -0.1) is 0 Å². The van der Waals surface area contributed by atoms with Crippen molar-refractivity contribution in [2.45, 2.75) is 0 Å². The Morgan fingerprint density at radius 2 is 2.17 bits per heavy atom. The molecule has 0 aromatic heterocycles. The molecule has 12 heavy (non-hydrogen) atoms. The van der Waals surface area contributed by atoms with Gasteiger partial charge < -0.3 is 10.1 Å². The average molecular weight is 161 g/mol. The molecule has 0 saturated heterocycles. The number of rotatable bonds is 4. The minimum atomic E-state index is 0.761. The van der Waals surface area contributed by atoms with Crippen LogP contribution in [0.15, 0.2) is 49.9 Å². The van der Waals surface area contributed by atoms with E-state index in [1.165, 1.54) is 6.26 Å². The third-order valence-corrected chi connectivity index (χ3v) is 1.32. The number of nitrogens with one attached hydrogen (secondary N) is 1. The lowest BCUT2D eigenvalue weighted by molar-refractivity contribution is 0.484. The molecular weight excluding hydrogens is 150 g/mol. The number of hydrogen-bond donors (Lipinski definition) is 1. The highest BCUT2D eigenvalue weighted by Gasteiger charge is 1.91. The molecule has 0 spiro atoms. The van der Waals surface area contributed by atoms with Crippen LogP contribution in [0.1, 0.15) is 0 Å². The molecule has 0 bridgehead atoms. The molecule has 0 unspecified atom stereocenters. The summed E-state index contributed by atoms with van der Waals surface area (Å²) in [5, 5.41) is 2.96. The predicted octanol–water partition coefficient (Wildman–Crippen LogP) is 2.76. The lowest BCUT2D eigenvalue weighted by Crippen LogP contribution is -1.86. The molecule has 2 nitrogen and oxygen atoms in total. The van der Waals surface area contributed by atoms with Gasteiger partial charge in [0.05, 0.1) is 6.26 Å². The molecule has 2 heteroatoms. The molecule has 0 saturated carbocycles. The smallest absolute Gasteiger partial charge is 0.128 e. The van der Waals surface area contributed by atoms with E-state index in [1.54, 1.807) is 6.20 Å². The zero-order chi connectivity index (χ0) is 8.81. The maximum Gasteiger partial charge on any atom is 0.128 e. The largest absolute Gasteiger partial charge is 0.466 e. The summed E-state index contributed by atoms with van der Waals surface area (Å²) in [4.78, 5) is 0. The van der Waals surface area contributed by atoms with Gasteiger partial charge >= 0.3 is 0 Å². The Morgan fingerprint density at radius 3 is 2.83 bits per heavy atom. The predicted molar refractivity (Wildman–Crippen MR) is 51.1 cm³/mol. The van der Waals surface area contributed by atoms with Gasteiger partial charge in [0.1, 0.15) is 5.75 Å². The molecule has 0 atom stereocenters. The summed E-state index contributed by atoms with van der Waals surface area (Å²) in [7, 11) is 0. The Morgan fingerprint density at radius 1 is 1.33 bits per heavy atom. The number of hydrogen-bond acceptors (Lipinski definition) is 2. The Bertz CT molecular complexity index is 256. The normalized spacial score (nSPS) is 8.67. The first-order valence-corrected chi connectivity index (χ1v) is 3.62. The van der Waals surface area contributed by atoms with Gasteiger partial charge in [0.15, 0.2) is 0 Å². The second kappa shape index (κ2) is 4.23. The van der Waals surface area contributed by atoms with Gasteiger partial charge in [0.2, 0.25) is 0 Å². The van der Waals surface area contributed by atoms with E-state index >= 15 is 0 Å². The van der Waals surface area contributed by atoms with E-state index < -0.39 is 0 Å². The molecule has 1 N–H and O–H groups in total. The molecule has 0 aliphatic rings. The third-order valence-electron chi connectivity index (χ3n) is 1.32. The zero-order valence-electron chi connectivity index (χ0n) is 6.79. The highest BCUT2D eigenvalue weighted by molar-refractivity contribution is 5.49. The third kappa shape index (κ3) is 2.16. The Kier molecular flexibility index (Phi) is 2.96. The van der Waals surface area contributed by atoms with Crippen LogP contribution in [-0.2, 0) is 0 Å². The maximum absolute atomic E-state index is 5.08. The van der Waals surface area contributed by atoms with Gasteiger partial charge in [-0.1, -0.05) is 19.2 Å². The lowest BCUT2D eigenvalue weighted by Gasteiger charge is -2.02. The SMILES string of the molecule is C=CNc1cccc(OC=C)c1. The molecule has 62 valence electrons. The first-order chi connectivity index (χ1) is 5.86. The summed E-state index contributed by atoms with van der Waals surface area (Å²) in [5.41, 5.74) is 0.948. The lowest BCUT2D eigenvalue weighted by atomic mass is 10.3. The van der Waals surface area contributed by atoms with Crippen molar-refractivity contribution in [3.05, 3.63) is 49.9 Å². The first-order valence-electron chi connectivity index (χ1n) is 3.62. The van der Waals surface area contributed by atoms with Crippen LogP contribution in [-0.4, -0.2) is 0 Å². The van der Waals surface area contributed by atoms with Gasteiger partial charge in [-0.3, -0.25) is 0 Å².